The molecule has 2 amide bonds. The van der Waals surface area contributed by atoms with E-state index in [1.807, 2.05) is 12.1 Å². The number of nitrogens with one attached hydrogen (secondary N) is 2. The monoisotopic (exact) mass is 488 g/mol. The number of aryl methyl sites for hydroxylation is 2. The fraction of sp³-hybridized carbons (Fsp3) is 0.333. The summed E-state index contributed by atoms with van der Waals surface area (Å²) < 4.78 is 22.5. The maximum atomic E-state index is 12.5. The Balaban J connectivity index is 0.00000480. The molecule has 1 heterocycles. The quantitative estimate of drug-likeness (QED) is 0.301. The van der Waals surface area contributed by atoms with Gasteiger partial charge in [0.15, 0.2) is 11.1 Å². The van der Waals surface area contributed by atoms with Crippen LogP contribution in [0.5, 0.6) is 0 Å². The standard InChI is InChI=1S/C18H24N6O4S2.ClH/c1-11(25)22-18-24-14(15(29-18)16(26)21-9-10-30(2,27)28)8-5-12-3-6-13(7-4-12)23-17(19)20;/h3-4,6-7H,5,8-10H2,1-2H3,(H,21,26)(H4,19,20,23)(H,22,24,25);1H. The Morgan fingerprint density at radius 1 is 1.16 bits per heavy atom. The molecule has 0 aliphatic carbocycles. The number of rotatable bonds is 9. The highest BCUT2D eigenvalue weighted by Crippen LogP contribution is 2.25. The first-order valence-electron chi connectivity index (χ1n) is 8.95. The van der Waals surface area contributed by atoms with Crippen LogP contribution in [0.4, 0.5) is 10.8 Å². The van der Waals surface area contributed by atoms with Crippen molar-refractivity contribution in [1.82, 2.24) is 10.3 Å². The highest BCUT2D eigenvalue weighted by molar-refractivity contribution is 7.90. The van der Waals surface area contributed by atoms with E-state index in [0.29, 0.717) is 34.2 Å². The molecule has 1 aromatic carbocycles. The number of aromatic nitrogens is 1. The molecule has 0 saturated heterocycles. The van der Waals surface area contributed by atoms with Crippen LogP contribution in [-0.4, -0.2) is 49.7 Å². The van der Waals surface area contributed by atoms with Crippen LogP contribution in [0.2, 0.25) is 0 Å². The molecular weight excluding hydrogens is 464 g/mol. The summed E-state index contributed by atoms with van der Waals surface area (Å²) in [6.07, 6.45) is 2.14. The van der Waals surface area contributed by atoms with Gasteiger partial charge in [-0.2, -0.15) is 0 Å². The number of aliphatic imine (C=N–C) groups is 1. The number of sulfone groups is 1. The van der Waals surface area contributed by atoms with E-state index in [9.17, 15) is 18.0 Å². The lowest BCUT2D eigenvalue weighted by Crippen LogP contribution is -2.28. The minimum atomic E-state index is -3.19. The fourth-order valence-corrected chi connectivity index (χ4v) is 3.93. The molecule has 31 heavy (non-hydrogen) atoms. The van der Waals surface area contributed by atoms with Crippen molar-refractivity contribution in [2.24, 2.45) is 16.5 Å². The molecule has 0 aliphatic heterocycles. The largest absolute Gasteiger partial charge is 0.370 e. The van der Waals surface area contributed by atoms with E-state index >= 15 is 0 Å². The van der Waals surface area contributed by atoms with Gasteiger partial charge in [-0.15, -0.1) is 12.4 Å². The normalized spacial score (nSPS) is 10.6. The maximum absolute atomic E-state index is 12.5. The Bertz CT molecular complexity index is 1050. The fourth-order valence-electron chi connectivity index (χ4n) is 2.48. The molecule has 2 rings (SSSR count). The van der Waals surface area contributed by atoms with Crippen LogP contribution in [0.1, 0.15) is 27.9 Å². The molecule has 0 radical (unpaired) electrons. The zero-order chi connectivity index (χ0) is 22.3. The molecule has 0 unspecified atom stereocenters. The van der Waals surface area contributed by atoms with Crippen LogP contribution >= 0.6 is 23.7 Å². The molecular formula is C18H25ClN6O4S2. The summed E-state index contributed by atoms with van der Waals surface area (Å²) in [5.74, 6) is -0.907. The maximum Gasteiger partial charge on any atom is 0.263 e. The van der Waals surface area contributed by atoms with Gasteiger partial charge in [-0.25, -0.2) is 18.4 Å². The summed E-state index contributed by atoms with van der Waals surface area (Å²) in [6, 6.07) is 7.29. The second kappa shape index (κ2) is 11.6. The second-order valence-electron chi connectivity index (χ2n) is 6.56. The zero-order valence-corrected chi connectivity index (χ0v) is 19.5. The van der Waals surface area contributed by atoms with E-state index in [4.69, 9.17) is 11.5 Å². The number of carbonyl (C=O) groups is 2. The smallest absolute Gasteiger partial charge is 0.263 e. The number of hydrogen-bond acceptors (Lipinski definition) is 7. The van der Waals surface area contributed by atoms with Crippen molar-refractivity contribution >= 4 is 62.2 Å². The number of hydrogen-bond donors (Lipinski definition) is 4. The van der Waals surface area contributed by atoms with Gasteiger partial charge in [0.1, 0.15) is 14.7 Å². The molecule has 0 saturated carbocycles. The molecule has 0 bridgehead atoms. The number of nitrogens with two attached hydrogens (primary N) is 2. The van der Waals surface area contributed by atoms with Gasteiger partial charge in [0.05, 0.1) is 17.1 Å². The molecule has 2 aromatic rings. The van der Waals surface area contributed by atoms with Crippen LogP contribution in [0.3, 0.4) is 0 Å². The first-order valence-corrected chi connectivity index (χ1v) is 11.8. The summed E-state index contributed by atoms with van der Waals surface area (Å²) in [5.41, 5.74) is 12.9. The molecule has 0 fully saturated rings. The number of benzene rings is 1. The van der Waals surface area contributed by atoms with Crippen molar-refractivity contribution in [2.45, 2.75) is 19.8 Å². The lowest BCUT2D eigenvalue weighted by Gasteiger charge is -2.05. The Hall–Kier alpha value is -2.70. The summed E-state index contributed by atoms with van der Waals surface area (Å²) in [5, 5.41) is 5.48. The van der Waals surface area contributed by atoms with Crippen molar-refractivity contribution in [3.05, 3.63) is 40.4 Å². The molecule has 6 N–H and O–H groups in total. The molecule has 13 heteroatoms. The number of halogens is 1. The highest BCUT2D eigenvalue weighted by atomic mass is 35.5. The van der Waals surface area contributed by atoms with E-state index in [-0.39, 0.29) is 36.6 Å². The predicted octanol–water partition coefficient (Wildman–Crippen LogP) is 0.988. The molecule has 1 aromatic heterocycles. The number of carbonyl (C=O) groups excluding carboxylic acids is 2. The zero-order valence-electron chi connectivity index (χ0n) is 17.0. The van der Waals surface area contributed by atoms with Gasteiger partial charge < -0.3 is 22.1 Å². The summed E-state index contributed by atoms with van der Waals surface area (Å²) in [4.78, 5) is 32.5. The molecule has 10 nitrogen and oxygen atoms in total. The van der Waals surface area contributed by atoms with Crippen molar-refractivity contribution in [2.75, 3.05) is 23.9 Å². The number of guanidine groups is 1. The van der Waals surface area contributed by atoms with E-state index in [0.717, 1.165) is 23.2 Å². The predicted molar refractivity (Wildman–Crippen MR) is 125 cm³/mol. The lowest BCUT2D eigenvalue weighted by atomic mass is 10.1. The van der Waals surface area contributed by atoms with Gasteiger partial charge in [-0.05, 0) is 30.5 Å². The van der Waals surface area contributed by atoms with Gasteiger partial charge >= 0.3 is 0 Å². The summed E-state index contributed by atoms with van der Waals surface area (Å²) >= 11 is 1.05. The third-order valence-electron chi connectivity index (χ3n) is 3.79. The average molecular weight is 489 g/mol. The minimum absolute atomic E-state index is 0. The van der Waals surface area contributed by atoms with Crippen molar-refractivity contribution in [1.29, 1.82) is 0 Å². The first-order chi connectivity index (χ1) is 14.0. The van der Waals surface area contributed by atoms with E-state index in [2.05, 4.69) is 20.6 Å². The number of amides is 2. The van der Waals surface area contributed by atoms with Crippen LogP contribution in [0, 0.1) is 0 Å². The second-order valence-corrected chi connectivity index (χ2v) is 9.82. The van der Waals surface area contributed by atoms with Crippen molar-refractivity contribution < 1.29 is 18.0 Å². The third-order valence-corrected chi connectivity index (χ3v) is 5.75. The molecule has 170 valence electrons. The van der Waals surface area contributed by atoms with Gasteiger partial charge in [0.25, 0.3) is 5.91 Å². The van der Waals surface area contributed by atoms with E-state index < -0.39 is 15.7 Å². The molecule has 0 spiro atoms. The number of nitrogens with zero attached hydrogens (tertiary/aromatic N) is 2. The molecule has 0 atom stereocenters. The Morgan fingerprint density at radius 3 is 2.35 bits per heavy atom. The van der Waals surface area contributed by atoms with E-state index in [1.165, 1.54) is 6.92 Å². The summed E-state index contributed by atoms with van der Waals surface area (Å²) in [7, 11) is -3.19. The highest BCUT2D eigenvalue weighted by Gasteiger charge is 2.19. The van der Waals surface area contributed by atoms with Gasteiger partial charge in [-0.3, -0.25) is 9.59 Å². The Labute approximate surface area is 190 Å². The van der Waals surface area contributed by atoms with Gasteiger partial charge in [-0.1, -0.05) is 23.5 Å². The topological polar surface area (TPSA) is 170 Å². The minimum Gasteiger partial charge on any atom is -0.370 e. The van der Waals surface area contributed by atoms with Crippen LogP contribution in [0.15, 0.2) is 29.3 Å². The number of anilines is 1. The van der Waals surface area contributed by atoms with Crippen molar-refractivity contribution in [3.63, 3.8) is 0 Å². The van der Waals surface area contributed by atoms with Crippen molar-refractivity contribution in [3.8, 4) is 0 Å². The van der Waals surface area contributed by atoms with Crippen LogP contribution in [0.25, 0.3) is 0 Å². The Kier molecular flexibility index (Phi) is 9.88. The average Bonchev–Trinajstić information content (AvgIpc) is 3.01. The number of thiazole rings is 1. The van der Waals surface area contributed by atoms with Gasteiger partial charge in [0, 0.05) is 19.7 Å². The Morgan fingerprint density at radius 2 is 1.81 bits per heavy atom. The lowest BCUT2D eigenvalue weighted by molar-refractivity contribution is -0.114. The van der Waals surface area contributed by atoms with Crippen LogP contribution < -0.4 is 22.1 Å². The first kappa shape index (κ1) is 26.3. The van der Waals surface area contributed by atoms with Gasteiger partial charge in [0.2, 0.25) is 5.91 Å². The molecule has 0 aliphatic rings. The third kappa shape index (κ3) is 9.32. The van der Waals surface area contributed by atoms with Crippen LogP contribution in [-0.2, 0) is 27.5 Å². The SMILES string of the molecule is CC(=O)Nc1nc(CCc2ccc(N=C(N)N)cc2)c(C(=O)NCCS(C)(=O)=O)s1.Cl. The summed E-state index contributed by atoms with van der Waals surface area (Å²) in [6.45, 7) is 1.35. The van der Waals surface area contributed by atoms with E-state index in [1.54, 1.807) is 12.1 Å².